The molecule has 62 valence electrons. The van der Waals surface area contributed by atoms with Gasteiger partial charge < -0.3 is 10.4 Å². The third-order valence-corrected chi connectivity index (χ3v) is 2.43. The molecule has 0 aromatic heterocycles. The molecule has 0 atom stereocenters. The Morgan fingerprint density at radius 2 is 2.36 bits per heavy atom. The Hall–Kier alpha value is -0.280. The highest BCUT2D eigenvalue weighted by Gasteiger charge is 2.09. The number of allylic oxidation sites excluding steroid dienone is 2. The van der Waals surface area contributed by atoms with Gasteiger partial charge in [0, 0.05) is 12.7 Å². The third kappa shape index (κ3) is 2.07. The lowest BCUT2D eigenvalue weighted by molar-refractivity contribution is 0.332. The van der Waals surface area contributed by atoms with Crippen molar-refractivity contribution in [1.29, 1.82) is 0 Å². The Labute approximate surface area is 75.1 Å². The molecule has 11 heavy (non-hydrogen) atoms. The zero-order valence-corrected chi connectivity index (χ0v) is 8.11. The largest absolute Gasteiger partial charge is 0.392 e. The highest BCUT2D eigenvalue weighted by molar-refractivity contribution is 9.11. The van der Waals surface area contributed by atoms with E-state index < -0.39 is 0 Å². The number of halogens is 1. The number of nitrogens with one attached hydrogen (secondary N) is 1. The van der Waals surface area contributed by atoms with Crippen LogP contribution < -0.4 is 5.32 Å². The van der Waals surface area contributed by atoms with E-state index in [1.54, 1.807) is 0 Å². The molecule has 0 heterocycles. The average molecular weight is 218 g/mol. The van der Waals surface area contributed by atoms with E-state index in [4.69, 9.17) is 5.11 Å². The fourth-order valence-corrected chi connectivity index (χ4v) is 1.65. The van der Waals surface area contributed by atoms with Crippen molar-refractivity contribution in [2.24, 2.45) is 0 Å². The molecule has 0 amide bonds. The molecule has 0 spiro atoms. The predicted molar refractivity (Wildman–Crippen MR) is 49.4 cm³/mol. The fourth-order valence-electron chi connectivity index (χ4n) is 1.18. The summed E-state index contributed by atoms with van der Waals surface area (Å²) in [4.78, 5) is 0. The first-order chi connectivity index (χ1) is 5.27. The van der Waals surface area contributed by atoms with Crippen LogP contribution in [0.1, 0.15) is 12.8 Å². The first kappa shape index (κ1) is 8.81. The molecule has 0 radical (unpaired) electrons. The van der Waals surface area contributed by atoms with Crippen molar-refractivity contribution >= 4 is 15.9 Å². The second-order valence-electron chi connectivity index (χ2n) is 2.50. The molecule has 0 saturated carbocycles. The minimum absolute atomic E-state index is 0.116. The minimum Gasteiger partial charge on any atom is -0.392 e. The van der Waals surface area contributed by atoms with Crippen LogP contribution in [0.2, 0.25) is 0 Å². The van der Waals surface area contributed by atoms with E-state index in [2.05, 4.69) is 21.2 Å². The van der Waals surface area contributed by atoms with Gasteiger partial charge in [-0.25, -0.2) is 0 Å². The molecule has 0 saturated heterocycles. The Morgan fingerprint density at radius 1 is 1.64 bits per heavy atom. The lowest BCUT2D eigenvalue weighted by atomic mass is 10.0. The third-order valence-electron chi connectivity index (χ3n) is 1.80. The first-order valence-electron chi connectivity index (χ1n) is 3.64. The quantitative estimate of drug-likeness (QED) is 0.736. The molecule has 1 aliphatic rings. The molecule has 0 unspecified atom stereocenters. The van der Waals surface area contributed by atoms with Crippen LogP contribution in [0, 0.1) is 0 Å². The van der Waals surface area contributed by atoms with Gasteiger partial charge in [0.25, 0.3) is 0 Å². The van der Waals surface area contributed by atoms with Crippen LogP contribution in [0.4, 0.5) is 0 Å². The highest BCUT2D eigenvalue weighted by atomic mass is 79.9. The Morgan fingerprint density at radius 3 is 2.91 bits per heavy atom. The number of hydrogen-bond donors (Lipinski definition) is 2. The molecular formula is C8H12BrNO. The van der Waals surface area contributed by atoms with Crippen molar-refractivity contribution in [3.63, 3.8) is 0 Å². The van der Waals surface area contributed by atoms with Crippen LogP contribution in [0.5, 0.6) is 0 Å². The summed E-state index contributed by atoms with van der Waals surface area (Å²) < 4.78 is 1.17. The van der Waals surface area contributed by atoms with Crippen LogP contribution in [-0.4, -0.2) is 18.8 Å². The highest BCUT2D eigenvalue weighted by Crippen LogP contribution is 2.25. The monoisotopic (exact) mass is 217 g/mol. The van der Waals surface area contributed by atoms with Crippen LogP contribution in [-0.2, 0) is 0 Å². The van der Waals surface area contributed by atoms with Gasteiger partial charge in [0.2, 0.25) is 0 Å². The van der Waals surface area contributed by atoms with Gasteiger partial charge in [-0.15, -0.1) is 0 Å². The first-order valence-corrected chi connectivity index (χ1v) is 4.44. The van der Waals surface area contributed by atoms with E-state index in [1.165, 1.54) is 4.48 Å². The second kappa shape index (κ2) is 3.93. The van der Waals surface area contributed by atoms with Gasteiger partial charge in [-0.1, -0.05) is 15.9 Å². The van der Waals surface area contributed by atoms with Gasteiger partial charge in [-0.05, 0) is 29.0 Å². The van der Waals surface area contributed by atoms with E-state index in [0.29, 0.717) is 0 Å². The van der Waals surface area contributed by atoms with Crippen molar-refractivity contribution in [2.45, 2.75) is 12.8 Å². The lowest BCUT2D eigenvalue weighted by Gasteiger charge is -2.15. The molecule has 1 aliphatic carbocycles. The van der Waals surface area contributed by atoms with Crippen LogP contribution in [0.25, 0.3) is 0 Å². The minimum atomic E-state index is 0.116. The Bertz CT molecular complexity index is 208. The molecule has 3 heteroatoms. The maximum absolute atomic E-state index is 8.95. The smallest absolute Gasteiger partial charge is 0.0698 e. The maximum Gasteiger partial charge on any atom is 0.0698 e. The molecular weight excluding hydrogens is 206 g/mol. The van der Waals surface area contributed by atoms with Crippen molar-refractivity contribution in [3.05, 3.63) is 21.8 Å². The van der Waals surface area contributed by atoms with Gasteiger partial charge >= 0.3 is 0 Å². The average Bonchev–Trinajstić information content (AvgIpc) is 2.04. The van der Waals surface area contributed by atoms with Gasteiger partial charge in [0.05, 0.1) is 6.61 Å². The number of hydrogen-bond acceptors (Lipinski definition) is 2. The van der Waals surface area contributed by atoms with Crippen molar-refractivity contribution in [3.8, 4) is 0 Å². The van der Waals surface area contributed by atoms with Gasteiger partial charge in [-0.2, -0.15) is 0 Å². The van der Waals surface area contributed by atoms with Crippen molar-refractivity contribution < 1.29 is 5.11 Å². The number of rotatable bonds is 2. The maximum atomic E-state index is 8.95. The van der Waals surface area contributed by atoms with Crippen LogP contribution >= 0.6 is 15.9 Å². The lowest BCUT2D eigenvalue weighted by Crippen LogP contribution is -2.13. The van der Waals surface area contributed by atoms with Gasteiger partial charge in [0.15, 0.2) is 0 Å². The van der Waals surface area contributed by atoms with E-state index in [1.807, 2.05) is 13.1 Å². The number of aliphatic hydroxyl groups excluding tert-OH is 1. The summed E-state index contributed by atoms with van der Waals surface area (Å²) in [6, 6.07) is 0. The molecule has 0 aromatic rings. The summed E-state index contributed by atoms with van der Waals surface area (Å²) >= 11 is 3.41. The van der Waals surface area contributed by atoms with E-state index in [0.717, 1.165) is 24.1 Å². The van der Waals surface area contributed by atoms with Crippen molar-refractivity contribution in [2.75, 3.05) is 13.7 Å². The zero-order valence-electron chi connectivity index (χ0n) is 6.52. The standard InChI is InChI=1S/C8H12BrNO/c1-10-8-3-2-7(9)4-6(8)5-11/h4,10-11H,2-3,5H2,1H3. The summed E-state index contributed by atoms with van der Waals surface area (Å²) in [5.74, 6) is 0. The van der Waals surface area contributed by atoms with E-state index >= 15 is 0 Å². The molecule has 0 bridgehead atoms. The van der Waals surface area contributed by atoms with Gasteiger partial charge in [0.1, 0.15) is 0 Å². The summed E-state index contributed by atoms with van der Waals surface area (Å²) in [6.07, 6.45) is 4.00. The summed E-state index contributed by atoms with van der Waals surface area (Å²) in [5, 5.41) is 12.0. The number of aliphatic hydroxyl groups is 1. The summed E-state index contributed by atoms with van der Waals surface area (Å²) in [6.45, 7) is 0.116. The zero-order chi connectivity index (χ0) is 8.27. The van der Waals surface area contributed by atoms with E-state index in [9.17, 15) is 0 Å². The Kier molecular flexibility index (Phi) is 3.15. The predicted octanol–water partition coefficient (Wildman–Crippen LogP) is 1.52. The van der Waals surface area contributed by atoms with Crippen molar-refractivity contribution in [1.82, 2.24) is 5.32 Å². The molecule has 0 fully saturated rings. The normalized spacial score (nSPS) is 18.3. The second-order valence-corrected chi connectivity index (χ2v) is 3.52. The molecule has 2 N–H and O–H groups in total. The molecule has 1 rings (SSSR count). The van der Waals surface area contributed by atoms with Gasteiger partial charge in [-0.3, -0.25) is 0 Å². The topological polar surface area (TPSA) is 32.3 Å². The summed E-state index contributed by atoms with van der Waals surface area (Å²) in [5.41, 5.74) is 2.14. The van der Waals surface area contributed by atoms with E-state index in [-0.39, 0.29) is 6.61 Å². The Balaban J connectivity index is 2.83. The molecule has 2 nitrogen and oxygen atoms in total. The summed E-state index contributed by atoms with van der Waals surface area (Å²) in [7, 11) is 1.89. The van der Waals surface area contributed by atoms with Crippen LogP contribution in [0.15, 0.2) is 21.8 Å². The fraction of sp³-hybridized carbons (Fsp3) is 0.500. The molecule has 0 aromatic carbocycles. The van der Waals surface area contributed by atoms with Crippen LogP contribution in [0.3, 0.4) is 0 Å². The SMILES string of the molecule is CNC1=C(CO)C=C(Br)CC1. The molecule has 0 aliphatic heterocycles.